The third-order valence-corrected chi connectivity index (χ3v) is 3.03. The van der Waals surface area contributed by atoms with Crippen molar-refractivity contribution in [1.82, 2.24) is 0 Å². The minimum atomic E-state index is 0.987. The second-order valence-corrected chi connectivity index (χ2v) is 5.02. The van der Waals surface area contributed by atoms with E-state index in [2.05, 4.69) is 55.6 Å². The Morgan fingerprint density at radius 2 is 1.75 bits per heavy atom. The van der Waals surface area contributed by atoms with Gasteiger partial charge in [-0.1, -0.05) is 53.6 Å². The lowest BCUT2D eigenvalue weighted by Crippen LogP contribution is -1.94. The molecule has 0 saturated carbocycles. The largest absolute Gasteiger partial charge is 0.279 e. The summed E-state index contributed by atoms with van der Waals surface area (Å²) in [5, 5.41) is 4.34. The lowest BCUT2D eigenvalue weighted by molar-refractivity contribution is 1.34. The summed E-state index contributed by atoms with van der Waals surface area (Å²) in [5.74, 6) is 0. The Morgan fingerprint density at radius 1 is 1.00 bits per heavy atom. The first kappa shape index (κ1) is 14.1. The highest BCUT2D eigenvalue weighted by Gasteiger charge is 2.01. The lowest BCUT2D eigenvalue weighted by atomic mass is 10.0. The van der Waals surface area contributed by atoms with Gasteiger partial charge in [0.2, 0.25) is 0 Å². The predicted molar refractivity (Wildman–Crippen MR) is 88.0 cm³/mol. The van der Waals surface area contributed by atoms with Gasteiger partial charge in [0.25, 0.3) is 0 Å². The smallest absolute Gasteiger partial charge is 0.0561 e. The Hall–Kier alpha value is -2.35. The molecular formula is C18H20N2. The predicted octanol–water partition coefficient (Wildman–Crippen LogP) is 4.89. The molecule has 0 aromatic heterocycles. The number of anilines is 1. The highest BCUT2D eigenvalue weighted by atomic mass is 15.3. The average molecular weight is 264 g/mol. The standard InChI is InChI=1S/C18H20N2/c1-14(2)18(16-9-7-8-15(3)12-16)13-19-20-17-10-5-4-6-11-17/h4-13,20H,1-3H3/b19-13-. The Balaban J connectivity index is 2.17. The number of para-hydroxylation sites is 1. The fourth-order valence-electron chi connectivity index (χ4n) is 1.99. The van der Waals surface area contributed by atoms with E-state index in [0.717, 1.165) is 11.3 Å². The summed E-state index contributed by atoms with van der Waals surface area (Å²) in [5.41, 5.74) is 8.88. The van der Waals surface area contributed by atoms with Crippen molar-refractivity contribution in [2.24, 2.45) is 5.10 Å². The van der Waals surface area contributed by atoms with E-state index in [1.165, 1.54) is 16.7 Å². The monoisotopic (exact) mass is 264 g/mol. The van der Waals surface area contributed by atoms with Gasteiger partial charge in [-0.25, -0.2) is 0 Å². The molecule has 0 aliphatic rings. The zero-order valence-electron chi connectivity index (χ0n) is 12.2. The topological polar surface area (TPSA) is 24.4 Å². The molecule has 0 amide bonds. The van der Waals surface area contributed by atoms with E-state index < -0.39 is 0 Å². The molecule has 0 radical (unpaired) electrons. The van der Waals surface area contributed by atoms with Crippen LogP contribution in [0.5, 0.6) is 0 Å². The molecule has 2 aromatic rings. The molecule has 2 aromatic carbocycles. The third kappa shape index (κ3) is 3.82. The second-order valence-electron chi connectivity index (χ2n) is 5.02. The van der Waals surface area contributed by atoms with Crippen LogP contribution in [0.25, 0.3) is 5.57 Å². The van der Waals surface area contributed by atoms with E-state index in [1.807, 2.05) is 36.5 Å². The molecule has 2 heteroatoms. The molecule has 0 atom stereocenters. The van der Waals surface area contributed by atoms with Crippen LogP contribution in [0.4, 0.5) is 5.69 Å². The number of aryl methyl sites for hydroxylation is 1. The molecule has 1 N–H and O–H groups in total. The average Bonchev–Trinajstić information content (AvgIpc) is 2.44. The maximum atomic E-state index is 4.34. The van der Waals surface area contributed by atoms with Crippen LogP contribution >= 0.6 is 0 Å². The van der Waals surface area contributed by atoms with Crippen LogP contribution in [0.3, 0.4) is 0 Å². The molecule has 0 fully saturated rings. The van der Waals surface area contributed by atoms with Crippen molar-refractivity contribution in [1.29, 1.82) is 0 Å². The van der Waals surface area contributed by atoms with Gasteiger partial charge in [0.05, 0.1) is 11.9 Å². The quantitative estimate of drug-likeness (QED) is 0.617. The molecule has 0 heterocycles. The van der Waals surface area contributed by atoms with Crippen LogP contribution in [0, 0.1) is 6.92 Å². The number of hydrogen-bond donors (Lipinski definition) is 1. The van der Waals surface area contributed by atoms with Crippen molar-refractivity contribution in [3.05, 3.63) is 71.3 Å². The number of nitrogens with zero attached hydrogens (tertiary/aromatic N) is 1. The Kier molecular flexibility index (Phi) is 4.72. The molecule has 0 saturated heterocycles. The van der Waals surface area contributed by atoms with Crippen LogP contribution in [0.1, 0.15) is 25.0 Å². The SMILES string of the molecule is CC(C)=C(/C=N\Nc1ccccc1)c1cccc(C)c1. The van der Waals surface area contributed by atoms with E-state index in [9.17, 15) is 0 Å². The van der Waals surface area contributed by atoms with E-state index in [-0.39, 0.29) is 0 Å². The zero-order chi connectivity index (χ0) is 14.4. The van der Waals surface area contributed by atoms with Crippen molar-refractivity contribution in [2.75, 3.05) is 5.43 Å². The molecule has 0 bridgehead atoms. The fraction of sp³-hybridized carbons (Fsp3) is 0.167. The molecule has 2 nitrogen and oxygen atoms in total. The van der Waals surface area contributed by atoms with Gasteiger partial charge < -0.3 is 0 Å². The number of benzene rings is 2. The summed E-state index contributed by atoms with van der Waals surface area (Å²) in [7, 11) is 0. The van der Waals surface area contributed by atoms with Crippen molar-refractivity contribution in [3.63, 3.8) is 0 Å². The molecule has 102 valence electrons. The third-order valence-electron chi connectivity index (χ3n) is 3.03. The van der Waals surface area contributed by atoms with Gasteiger partial charge in [-0.2, -0.15) is 5.10 Å². The van der Waals surface area contributed by atoms with Gasteiger partial charge in [0.1, 0.15) is 0 Å². The van der Waals surface area contributed by atoms with Gasteiger partial charge in [0.15, 0.2) is 0 Å². The minimum absolute atomic E-state index is 0.987. The summed E-state index contributed by atoms with van der Waals surface area (Å²) in [6, 6.07) is 18.4. The molecule has 0 aliphatic heterocycles. The number of rotatable bonds is 4. The Bertz CT molecular complexity index is 621. The van der Waals surface area contributed by atoms with E-state index in [0.29, 0.717) is 0 Å². The van der Waals surface area contributed by atoms with Crippen LogP contribution < -0.4 is 5.43 Å². The van der Waals surface area contributed by atoms with Gasteiger partial charge in [-0.15, -0.1) is 0 Å². The molecule has 0 aliphatic carbocycles. The molecule has 0 spiro atoms. The second kappa shape index (κ2) is 6.71. The van der Waals surface area contributed by atoms with Gasteiger partial charge in [-0.3, -0.25) is 5.43 Å². The minimum Gasteiger partial charge on any atom is -0.279 e. The summed E-state index contributed by atoms with van der Waals surface area (Å²) in [6.45, 7) is 6.31. The van der Waals surface area contributed by atoms with Crippen molar-refractivity contribution in [3.8, 4) is 0 Å². The Morgan fingerprint density at radius 3 is 2.40 bits per heavy atom. The highest BCUT2D eigenvalue weighted by Crippen LogP contribution is 2.18. The summed E-state index contributed by atoms with van der Waals surface area (Å²) in [4.78, 5) is 0. The first-order chi connectivity index (χ1) is 9.66. The van der Waals surface area contributed by atoms with E-state index in [1.54, 1.807) is 0 Å². The Labute approximate surface area is 120 Å². The van der Waals surface area contributed by atoms with Crippen LogP contribution in [-0.4, -0.2) is 6.21 Å². The summed E-state index contributed by atoms with van der Waals surface area (Å²) < 4.78 is 0. The van der Waals surface area contributed by atoms with Gasteiger partial charge in [-0.05, 0) is 38.5 Å². The fourth-order valence-corrected chi connectivity index (χ4v) is 1.99. The molecular weight excluding hydrogens is 244 g/mol. The molecule has 0 unspecified atom stereocenters. The van der Waals surface area contributed by atoms with Crippen LogP contribution in [0.15, 0.2) is 65.3 Å². The summed E-state index contributed by atoms with van der Waals surface area (Å²) in [6.07, 6.45) is 1.89. The van der Waals surface area contributed by atoms with Crippen molar-refractivity contribution < 1.29 is 0 Å². The van der Waals surface area contributed by atoms with E-state index in [4.69, 9.17) is 0 Å². The summed E-state index contributed by atoms with van der Waals surface area (Å²) >= 11 is 0. The molecule has 20 heavy (non-hydrogen) atoms. The lowest BCUT2D eigenvalue weighted by Gasteiger charge is -2.06. The maximum absolute atomic E-state index is 4.34. The van der Waals surface area contributed by atoms with Crippen LogP contribution in [0.2, 0.25) is 0 Å². The first-order valence-corrected chi connectivity index (χ1v) is 6.75. The molecule has 2 rings (SSSR count). The van der Waals surface area contributed by atoms with Gasteiger partial charge >= 0.3 is 0 Å². The highest BCUT2D eigenvalue weighted by molar-refractivity contribution is 6.11. The van der Waals surface area contributed by atoms with Crippen LogP contribution in [-0.2, 0) is 0 Å². The zero-order valence-corrected chi connectivity index (χ0v) is 12.2. The number of hydrazone groups is 1. The normalized spacial score (nSPS) is 10.6. The van der Waals surface area contributed by atoms with Crippen molar-refractivity contribution >= 4 is 17.5 Å². The van der Waals surface area contributed by atoms with Crippen molar-refractivity contribution in [2.45, 2.75) is 20.8 Å². The maximum Gasteiger partial charge on any atom is 0.0561 e. The number of hydrogen-bond acceptors (Lipinski definition) is 2. The first-order valence-electron chi connectivity index (χ1n) is 6.75. The van der Waals surface area contributed by atoms with E-state index >= 15 is 0 Å². The number of nitrogens with one attached hydrogen (secondary N) is 1. The van der Waals surface area contributed by atoms with Gasteiger partial charge in [0, 0.05) is 5.57 Å². The number of allylic oxidation sites excluding steroid dienone is 2.